The van der Waals surface area contributed by atoms with Crippen molar-refractivity contribution in [2.75, 3.05) is 14.2 Å². The normalized spacial score (nSPS) is 17.2. The fourth-order valence-electron chi connectivity index (χ4n) is 3.03. The lowest BCUT2D eigenvalue weighted by atomic mass is 9.77. The van der Waals surface area contributed by atoms with Crippen molar-refractivity contribution in [3.8, 4) is 11.5 Å². The first-order valence-electron chi connectivity index (χ1n) is 6.51. The lowest BCUT2D eigenvalue weighted by Crippen LogP contribution is -2.33. The maximum atomic E-state index is 11.8. The quantitative estimate of drug-likeness (QED) is 0.908. The zero-order chi connectivity index (χ0) is 14.0. The number of carboxylic acid groups (broad SMARTS) is 1. The summed E-state index contributed by atoms with van der Waals surface area (Å²) in [6, 6.07) is 3.79. The fourth-order valence-corrected chi connectivity index (χ4v) is 3.03. The Morgan fingerprint density at radius 3 is 2.32 bits per heavy atom. The van der Waals surface area contributed by atoms with Crippen LogP contribution >= 0.6 is 0 Å². The molecule has 0 aromatic heterocycles. The van der Waals surface area contributed by atoms with Crippen LogP contribution in [-0.4, -0.2) is 25.3 Å². The number of carboxylic acids is 1. The van der Waals surface area contributed by atoms with Gasteiger partial charge in [-0.3, -0.25) is 4.79 Å². The molecule has 4 nitrogen and oxygen atoms in total. The van der Waals surface area contributed by atoms with E-state index in [1.807, 2.05) is 19.1 Å². The largest absolute Gasteiger partial charge is 0.493 e. The van der Waals surface area contributed by atoms with Gasteiger partial charge in [0.25, 0.3) is 0 Å². The van der Waals surface area contributed by atoms with Gasteiger partial charge in [-0.15, -0.1) is 0 Å². The average molecular weight is 264 g/mol. The minimum atomic E-state index is -0.829. The predicted octanol–water partition coefficient (Wildman–Crippen LogP) is 2.91. The molecule has 0 atom stereocenters. The number of benzene rings is 1. The first kappa shape index (κ1) is 13.7. The van der Waals surface area contributed by atoms with Gasteiger partial charge in [0.15, 0.2) is 11.5 Å². The maximum Gasteiger partial charge on any atom is 0.314 e. The van der Waals surface area contributed by atoms with Crippen molar-refractivity contribution in [3.63, 3.8) is 0 Å². The fraction of sp³-hybridized carbons (Fsp3) is 0.533. The highest BCUT2D eigenvalue weighted by Gasteiger charge is 2.45. The van der Waals surface area contributed by atoms with Crippen molar-refractivity contribution >= 4 is 5.97 Å². The molecule has 0 amide bonds. The van der Waals surface area contributed by atoms with E-state index in [0.29, 0.717) is 24.3 Å². The lowest BCUT2D eigenvalue weighted by molar-refractivity contribution is -0.143. The molecule has 1 aliphatic rings. The van der Waals surface area contributed by atoms with Crippen LogP contribution in [0.5, 0.6) is 11.5 Å². The summed E-state index contributed by atoms with van der Waals surface area (Å²) < 4.78 is 10.7. The van der Waals surface area contributed by atoms with Gasteiger partial charge in [-0.1, -0.05) is 18.9 Å². The van der Waals surface area contributed by atoms with E-state index in [-0.39, 0.29) is 0 Å². The number of carbonyl (C=O) groups is 1. The number of ether oxygens (including phenoxy) is 2. The van der Waals surface area contributed by atoms with E-state index >= 15 is 0 Å². The van der Waals surface area contributed by atoms with Crippen molar-refractivity contribution in [1.29, 1.82) is 0 Å². The Morgan fingerprint density at radius 2 is 1.84 bits per heavy atom. The molecule has 0 bridgehead atoms. The summed E-state index contributed by atoms with van der Waals surface area (Å²) in [6.45, 7) is 1.94. The van der Waals surface area contributed by atoms with Crippen LogP contribution in [0.4, 0.5) is 0 Å². The van der Waals surface area contributed by atoms with E-state index in [1.165, 1.54) is 0 Å². The number of aryl methyl sites for hydroxylation is 1. The van der Waals surface area contributed by atoms with Crippen molar-refractivity contribution < 1.29 is 19.4 Å². The molecule has 0 radical (unpaired) electrons. The number of aliphatic carboxylic acids is 1. The molecule has 0 spiro atoms. The van der Waals surface area contributed by atoms with Crippen LogP contribution in [0.15, 0.2) is 12.1 Å². The second kappa shape index (κ2) is 5.11. The molecule has 0 unspecified atom stereocenters. The van der Waals surface area contributed by atoms with E-state index in [9.17, 15) is 9.90 Å². The molecule has 0 saturated heterocycles. The van der Waals surface area contributed by atoms with E-state index < -0.39 is 11.4 Å². The van der Waals surface area contributed by atoms with Crippen molar-refractivity contribution in [1.82, 2.24) is 0 Å². The number of rotatable bonds is 4. The summed E-state index contributed by atoms with van der Waals surface area (Å²) in [4.78, 5) is 11.8. The van der Waals surface area contributed by atoms with Crippen LogP contribution in [0.1, 0.15) is 36.8 Å². The van der Waals surface area contributed by atoms with Gasteiger partial charge in [-0.25, -0.2) is 0 Å². The van der Waals surface area contributed by atoms with E-state index in [0.717, 1.165) is 24.0 Å². The molecular formula is C15H20O4. The minimum absolute atomic E-state index is 0.553. The molecule has 104 valence electrons. The maximum absolute atomic E-state index is 11.8. The zero-order valence-corrected chi connectivity index (χ0v) is 11.7. The summed E-state index contributed by atoms with van der Waals surface area (Å²) >= 11 is 0. The molecule has 19 heavy (non-hydrogen) atoms. The van der Waals surface area contributed by atoms with Gasteiger partial charge >= 0.3 is 5.97 Å². The van der Waals surface area contributed by atoms with Crippen LogP contribution in [-0.2, 0) is 10.2 Å². The Labute approximate surface area is 113 Å². The highest BCUT2D eigenvalue weighted by molar-refractivity contribution is 5.83. The molecule has 1 fully saturated rings. The van der Waals surface area contributed by atoms with Gasteiger partial charge in [0.1, 0.15) is 0 Å². The molecule has 1 aromatic rings. The van der Waals surface area contributed by atoms with Crippen LogP contribution in [0.25, 0.3) is 0 Å². The molecule has 0 heterocycles. The van der Waals surface area contributed by atoms with Gasteiger partial charge in [0.05, 0.1) is 19.6 Å². The van der Waals surface area contributed by atoms with Gasteiger partial charge < -0.3 is 14.6 Å². The Balaban J connectivity index is 2.65. The Morgan fingerprint density at radius 1 is 1.21 bits per heavy atom. The van der Waals surface area contributed by atoms with Gasteiger partial charge in [-0.2, -0.15) is 0 Å². The Hall–Kier alpha value is -1.71. The van der Waals surface area contributed by atoms with Crippen LogP contribution < -0.4 is 9.47 Å². The highest BCUT2D eigenvalue weighted by Crippen LogP contribution is 2.48. The molecule has 1 aromatic carbocycles. The van der Waals surface area contributed by atoms with E-state index in [1.54, 1.807) is 14.2 Å². The van der Waals surface area contributed by atoms with E-state index in [2.05, 4.69) is 0 Å². The zero-order valence-electron chi connectivity index (χ0n) is 11.7. The Kier molecular flexibility index (Phi) is 3.69. The Bertz CT molecular complexity index is 487. The summed E-state index contributed by atoms with van der Waals surface area (Å²) in [5, 5.41) is 9.70. The molecular weight excluding hydrogens is 244 g/mol. The third kappa shape index (κ3) is 2.15. The molecule has 0 aliphatic heterocycles. The third-order valence-corrected chi connectivity index (χ3v) is 4.01. The molecule has 4 heteroatoms. The van der Waals surface area contributed by atoms with Crippen molar-refractivity contribution in [2.24, 2.45) is 0 Å². The van der Waals surface area contributed by atoms with Crippen LogP contribution in [0.2, 0.25) is 0 Å². The second-order valence-corrected chi connectivity index (χ2v) is 5.14. The lowest BCUT2D eigenvalue weighted by Gasteiger charge is -2.27. The minimum Gasteiger partial charge on any atom is -0.493 e. The van der Waals surface area contributed by atoms with Gasteiger partial charge in [0, 0.05) is 5.56 Å². The van der Waals surface area contributed by atoms with E-state index in [4.69, 9.17) is 9.47 Å². The summed E-state index contributed by atoms with van der Waals surface area (Å²) in [5.41, 5.74) is 0.905. The summed E-state index contributed by atoms with van der Waals surface area (Å²) in [5.74, 6) is 0.387. The monoisotopic (exact) mass is 264 g/mol. The third-order valence-electron chi connectivity index (χ3n) is 4.01. The summed E-state index contributed by atoms with van der Waals surface area (Å²) in [6.07, 6.45) is 3.19. The first-order chi connectivity index (χ1) is 9.05. The first-order valence-corrected chi connectivity index (χ1v) is 6.51. The average Bonchev–Trinajstić information content (AvgIpc) is 2.88. The summed E-state index contributed by atoms with van der Waals surface area (Å²) in [7, 11) is 3.13. The highest BCUT2D eigenvalue weighted by atomic mass is 16.5. The van der Waals surface area contributed by atoms with Gasteiger partial charge in [0.2, 0.25) is 0 Å². The predicted molar refractivity (Wildman–Crippen MR) is 72.1 cm³/mol. The van der Waals surface area contributed by atoms with Gasteiger partial charge in [-0.05, 0) is 31.4 Å². The smallest absolute Gasteiger partial charge is 0.314 e. The standard InChI is InChI=1S/C15H20O4/c1-10-8-11(13(19-3)12(9-10)18-2)15(14(16)17)6-4-5-7-15/h8-9H,4-7H2,1-3H3,(H,16,17). The van der Waals surface area contributed by atoms with Crippen LogP contribution in [0.3, 0.4) is 0 Å². The van der Waals surface area contributed by atoms with Crippen molar-refractivity contribution in [3.05, 3.63) is 23.3 Å². The molecule has 1 aliphatic carbocycles. The molecule has 1 saturated carbocycles. The number of hydrogen-bond acceptors (Lipinski definition) is 3. The topological polar surface area (TPSA) is 55.8 Å². The SMILES string of the molecule is COc1cc(C)cc(C2(C(=O)O)CCCC2)c1OC. The van der Waals surface area contributed by atoms with Crippen LogP contribution in [0, 0.1) is 6.92 Å². The molecule has 1 N–H and O–H groups in total. The second-order valence-electron chi connectivity index (χ2n) is 5.14. The molecule has 2 rings (SSSR count). The number of hydrogen-bond donors (Lipinski definition) is 1. The number of methoxy groups -OCH3 is 2. The van der Waals surface area contributed by atoms with Crippen molar-refractivity contribution in [2.45, 2.75) is 38.0 Å².